The maximum atomic E-state index is 5.42. The fraction of sp³-hybridized carbons (Fsp3) is 1.00. The molecule has 0 aromatic rings. The highest BCUT2D eigenvalue weighted by atomic mass is 35.5. The highest BCUT2D eigenvalue weighted by Gasteiger charge is 2.32. The molecule has 0 aliphatic carbocycles. The topological polar surface area (TPSA) is 12.5 Å². The zero-order valence-corrected chi connectivity index (χ0v) is 5.11. The fourth-order valence-corrected chi connectivity index (χ4v) is 0.856. The molecule has 1 nitrogen and oxygen atoms in total. The first-order chi connectivity index (χ1) is 3.34. The van der Waals surface area contributed by atoms with Crippen LogP contribution in [0, 0.1) is 0 Å². The van der Waals surface area contributed by atoms with E-state index in [1.807, 2.05) is 0 Å². The van der Waals surface area contributed by atoms with Gasteiger partial charge in [0.05, 0.1) is 12.2 Å². The quantitative estimate of drug-likeness (QED) is 0.397. The van der Waals surface area contributed by atoms with Crippen molar-refractivity contribution in [2.24, 2.45) is 0 Å². The number of alkyl halides is 1. The third-order valence-electron chi connectivity index (χ3n) is 1.23. The molecule has 0 spiro atoms. The van der Waals surface area contributed by atoms with Gasteiger partial charge in [0.2, 0.25) is 0 Å². The summed E-state index contributed by atoms with van der Waals surface area (Å²) in [6.45, 7) is 2.07. The van der Waals surface area contributed by atoms with Gasteiger partial charge in [0, 0.05) is 5.88 Å². The van der Waals surface area contributed by atoms with Gasteiger partial charge in [0.15, 0.2) is 0 Å². The van der Waals surface area contributed by atoms with Crippen LogP contribution in [0.4, 0.5) is 0 Å². The van der Waals surface area contributed by atoms with Crippen molar-refractivity contribution in [3.05, 3.63) is 0 Å². The lowest BCUT2D eigenvalue weighted by Crippen LogP contribution is -1.88. The van der Waals surface area contributed by atoms with Crippen LogP contribution in [-0.4, -0.2) is 18.1 Å². The standard InChI is InChI=1S/C5H9ClO/c1-4-5(7-4)2-3-6/h4-5H,2-3H2,1H3/t4-,5-/m1/s1. The smallest absolute Gasteiger partial charge is 0.0850 e. The Morgan fingerprint density at radius 1 is 1.71 bits per heavy atom. The molecule has 1 rings (SSSR count). The van der Waals surface area contributed by atoms with E-state index in [9.17, 15) is 0 Å². The number of rotatable bonds is 2. The molecular weight excluding hydrogens is 112 g/mol. The van der Waals surface area contributed by atoms with Gasteiger partial charge in [-0.2, -0.15) is 0 Å². The third-order valence-corrected chi connectivity index (χ3v) is 1.45. The van der Waals surface area contributed by atoms with Crippen LogP contribution in [-0.2, 0) is 4.74 Å². The van der Waals surface area contributed by atoms with E-state index in [1.54, 1.807) is 0 Å². The highest BCUT2D eigenvalue weighted by molar-refractivity contribution is 6.17. The van der Waals surface area contributed by atoms with Crippen LogP contribution in [0.5, 0.6) is 0 Å². The molecule has 2 heteroatoms. The lowest BCUT2D eigenvalue weighted by Gasteiger charge is -1.80. The molecule has 1 saturated heterocycles. The summed E-state index contributed by atoms with van der Waals surface area (Å²) in [6.07, 6.45) is 1.99. The number of halogens is 1. The first-order valence-electron chi connectivity index (χ1n) is 2.56. The van der Waals surface area contributed by atoms with E-state index in [2.05, 4.69) is 6.92 Å². The van der Waals surface area contributed by atoms with Crippen LogP contribution >= 0.6 is 11.6 Å². The van der Waals surface area contributed by atoms with Gasteiger partial charge in [-0.25, -0.2) is 0 Å². The molecule has 1 aliphatic heterocycles. The number of epoxide rings is 1. The minimum absolute atomic E-state index is 0.484. The van der Waals surface area contributed by atoms with E-state index in [0.717, 1.165) is 12.3 Å². The number of hydrogen-bond acceptors (Lipinski definition) is 1. The van der Waals surface area contributed by atoms with Crippen LogP contribution in [0.15, 0.2) is 0 Å². The van der Waals surface area contributed by atoms with Crippen LogP contribution in [0.2, 0.25) is 0 Å². The third kappa shape index (κ3) is 1.32. The molecular formula is C5H9ClO. The second-order valence-corrected chi connectivity index (χ2v) is 2.24. The Kier molecular flexibility index (Phi) is 1.55. The van der Waals surface area contributed by atoms with Crippen molar-refractivity contribution in [1.82, 2.24) is 0 Å². The van der Waals surface area contributed by atoms with Crippen molar-refractivity contribution in [1.29, 1.82) is 0 Å². The summed E-state index contributed by atoms with van der Waals surface area (Å²) in [6, 6.07) is 0. The largest absolute Gasteiger partial charge is 0.370 e. The van der Waals surface area contributed by atoms with Gasteiger partial charge in [0.25, 0.3) is 0 Å². The monoisotopic (exact) mass is 120 g/mol. The van der Waals surface area contributed by atoms with E-state index in [0.29, 0.717) is 12.2 Å². The second-order valence-electron chi connectivity index (χ2n) is 1.86. The van der Waals surface area contributed by atoms with Gasteiger partial charge in [-0.1, -0.05) is 0 Å². The van der Waals surface area contributed by atoms with Gasteiger partial charge in [-0.05, 0) is 13.3 Å². The Morgan fingerprint density at radius 3 is 2.43 bits per heavy atom. The van der Waals surface area contributed by atoms with Crippen molar-refractivity contribution in [2.75, 3.05) is 5.88 Å². The van der Waals surface area contributed by atoms with Crippen molar-refractivity contribution in [3.8, 4) is 0 Å². The summed E-state index contributed by atoms with van der Waals surface area (Å²) >= 11 is 5.42. The molecule has 0 N–H and O–H groups in total. The average molecular weight is 121 g/mol. The molecule has 0 aromatic heterocycles. The van der Waals surface area contributed by atoms with Crippen LogP contribution < -0.4 is 0 Å². The summed E-state index contributed by atoms with van der Waals surface area (Å²) in [4.78, 5) is 0. The van der Waals surface area contributed by atoms with E-state index in [1.165, 1.54) is 0 Å². The minimum Gasteiger partial charge on any atom is -0.370 e. The van der Waals surface area contributed by atoms with Gasteiger partial charge < -0.3 is 4.74 Å². The average Bonchev–Trinajstić information content (AvgIpc) is 2.22. The lowest BCUT2D eigenvalue weighted by molar-refractivity contribution is 0.375. The van der Waals surface area contributed by atoms with E-state index in [4.69, 9.17) is 16.3 Å². The normalized spacial score (nSPS) is 38.6. The summed E-state index contributed by atoms with van der Waals surface area (Å²) in [7, 11) is 0. The molecule has 0 radical (unpaired) electrons. The molecule has 0 amide bonds. The van der Waals surface area contributed by atoms with Gasteiger partial charge in [-0.15, -0.1) is 11.6 Å². The zero-order valence-electron chi connectivity index (χ0n) is 4.36. The second kappa shape index (κ2) is 2.01. The minimum atomic E-state index is 0.484. The molecule has 0 saturated carbocycles. The molecule has 1 aliphatic rings. The molecule has 1 heterocycles. The highest BCUT2D eigenvalue weighted by Crippen LogP contribution is 2.24. The van der Waals surface area contributed by atoms with E-state index in [-0.39, 0.29) is 0 Å². The SMILES string of the molecule is C[C@H]1O[C@@H]1CCCl. The predicted molar refractivity (Wildman–Crippen MR) is 29.7 cm³/mol. The van der Waals surface area contributed by atoms with Crippen molar-refractivity contribution in [2.45, 2.75) is 25.6 Å². The predicted octanol–water partition coefficient (Wildman–Crippen LogP) is 1.40. The lowest BCUT2D eigenvalue weighted by atomic mass is 10.3. The molecule has 0 bridgehead atoms. The van der Waals surface area contributed by atoms with E-state index >= 15 is 0 Å². The summed E-state index contributed by atoms with van der Waals surface area (Å²) < 4.78 is 5.07. The van der Waals surface area contributed by atoms with Crippen LogP contribution in [0.1, 0.15) is 13.3 Å². The fourth-order valence-electron chi connectivity index (χ4n) is 0.641. The number of hydrogen-bond donors (Lipinski definition) is 0. The molecule has 0 aromatic carbocycles. The zero-order chi connectivity index (χ0) is 5.28. The molecule has 0 unspecified atom stereocenters. The first-order valence-corrected chi connectivity index (χ1v) is 3.09. The van der Waals surface area contributed by atoms with Gasteiger partial charge in [0.1, 0.15) is 0 Å². The Bertz CT molecular complexity index is 65.1. The first kappa shape index (κ1) is 5.39. The molecule has 42 valence electrons. The maximum Gasteiger partial charge on any atom is 0.0850 e. The van der Waals surface area contributed by atoms with Gasteiger partial charge in [-0.3, -0.25) is 0 Å². The Balaban J connectivity index is 1.98. The van der Waals surface area contributed by atoms with Crippen molar-refractivity contribution >= 4 is 11.6 Å². The van der Waals surface area contributed by atoms with Crippen LogP contribution in [0.25, 0.3) is 0 Å². The van der Waals surface area contributed by atoms with Crippen molar-refractivity contribution in [3.63, 3.8) is 0 Å². The summed E-state index contributed by atoms with van der Waals surface area (Å²) in [5, 5.41) is 0. The Morgan fingerprint density at radius 2 is 2.29 bits per heavy atom. The van der Waals surface area contributed by atoms with Gasteiger partial charge >= 0.3 is 0 Å². The van der Waals surface area contributed by atoms with E-state index < -0.39 is 0 Å². The Hall–Kier alpha value is 0.250. The molecule has 7 heavy (non-hydrogen) atoms. The van der Waals surface area contributed by atoms with Crippen molar-refractivity contribution < 1.29 is 4.74 Å². The number of ether oxygens (including phenoxy) is 1. The van der Waals surface area contributed by atoms with Crippen LogP contribution in [0.3, 0.4) is 0 Å². The molecule has 2 atom stereocenters. The summed E-state index contributed by atoms with van der Waals surface area (Å²) in [5.74, 6) is 0.731. The summed E-state index contributed by atoms with van der Waals surface area (Å²) in [5.41, 5.74) is 0. The Labute approximate surface area is 48.6 Å². The molecule has 1 fully saturated rings. The maximum absolute atomic E-state index is 5.42.